The first kappa shape index (κ1) is 18.3. The number of primary amides is 1. The lowest BCUT2D eigenvalue weighted by Crippen LogP contribution is -2.72. The van der Waals surface area contributed by atoms with Crippen LogP contribution in [0.4, 0.5) is 4.79 Å². The first-order valence-electron chi connectivity index (χ1n) is 8.45. The average Bonchev–Trinajstić information content (AvgIpc) is 3.18. The summed E-state index contributed by atoms with van der Waals surface area (Å²) in [6, 6.07) is 6.58. The van der Waals surface area contributed by atoms with Crippen molar-refractivity contribution in [1.29, 1.82) is 0 Å². The van der Waals surface area contributed by atoms with Gasteiger partial charge in [-0.15, -0.1) is 11.8 Å². The molecular formula is C17H17N5O5S. The second kappa shape index (κ2) is 5.96. The average molecular weight is 403 g/mol. The Hall–Kier alpha value is -3.08. The Labute approximate surface area is 163 Å². The van der Waals surface area contributed by atoms with Gasteiger partial charge in [0.15, 0.2) is 11.3 Å². The van der Waals surface area contributed by atoms with Gasteiger partial charge in [-0.05, 0) is 6.92 Å². The van der Waals surface area contributed by atoms with E-state index in [2.05, 4.69) is 10.4 Å². The van der Waals surface area contributed by atoms with Gasteiger partial charge >= 0.3 is 12.0 Å². The van der Waals surface area contributed by atoms with E-state index in [-0.39, 0.29) is 5.71 Å². The molecule has 2 aliphatic heterocycles. The van der Waals surface area contributed by atoms with Crippen LogP contribution < -0.4 is 16.5 Å². The van der Waals surface area contributed by atoms with E-state index >= 15 is 0 Å². The number of thioether (sulfide) groups is 1. The van der Waals surface area contributed by atoms with Crippen molar-refractivity contribution >= 4 is 41.3 Å². The number of hydrogen-bond donors (Lipinski definition) is 4. The van der Waals surface area contributed by atoms with E-state index in [4.69, 9.17) is 5.73 Å². The highest BCUT2D eigenvalue weighted by Crippen LogP contribution is 2.71. The molecular weight excluding hydrogens is 386 g/mol. The van der Waals surface area contributed by atoms with Crippen molar-refractivity contribution in [3.05, 3.63) is 35.9 Å². The van der Waals surface area contributed by atoms with Crippen LogP contribution in [0.2, 0.25) is 0 Å². The lowest BCUT2D eigenvalue weighted by atomic mass is 10.00. The van der Waals surface area contributed by atoms with Gasteiger partial charge in [-0.1, -0.05) is 30.3 Å². The summed E-state index contributed by atoms with van der Waals surface area (Å²) in [6.07, 6.45) is 0.391. The standard InChI is InChI=1S/C17H17N5O5S/c1-16-7-17(16,14(25)26)22-12(24)10(13(22)28-16)19-11(23)9(20-21-15(18)27)8-5-3-2-4-6-8/h2-6,10,13H,7H2,1H3,(H,19,23)(H,25,26)(H3,18,21,27)/t10?,13-,16?,17?/m0/s1. The van der Waals surface area contributed by atoms with Crippen LogP contribution in [0, 0.1) is 0 Å². The summed E-state index contributed by atoms with van der Waals surface area (Å²) in [6.45, 7) is 1.81. The first-order chi connectivity index (χ1) is 13.2. The summed E-state index contributed by atoms with van der Waals surface area (Å²) >= 11 is 1.38. The lowest BCUT2D eigenvalue weighted by Gasteiger charge is -2.45. The number of urea groups is 1. The number of rotatable bonds is 5. The van der Waals surface area contributed by atoms with Crippen LogP contribution >= 0.6 is 11.8 Å². The summed E-state index contributed by atoms with van der Waals surface area (Å²) in [4.78, 5) is 49.4. The van der Waals surface area contributed by atoms with Crippen LogP contribution in [-0.4, -0.2) is 61.2 Å². The first-order valence-corrected chi connectivity index (χ1v) is 9.33. The topological polar surface area (TPSA) is 154 Å². The monoisotopic (exact) mass is 403 g/mol. The molecule has 1 aromatic rings. The maximum atomic E-state index is 12.7. The van der Waals surface area contributed by atoms with E-state index in [1.807, 2.05) is 12.3 Å². The predicted octanol–water partition coefficient (Wildman–Crippen LogP) is -0.555. The third kappa shape index (κ3) is 2.39. The second-order valence-electron chi connectivity index (χ2n) is 7.04. The van der Waals surface area contributed by atoms with Gasteiger partial charge in [0.1, 0.15) is 11.4 Å². The van der Waals surface area contributed by atoms with Gasteiger partial charge in [0.25, 0.3) is 5.91 Å². The molecule has 4 amide bonds. The smallest absolute Gasteiger partial charge is 0.332 e. The van der Waals surface area contributed by atoms with Gasteiger partial charge < -0.3 is 21.1 Å². The quantitative estimate of drug-likeness (QED) is 0.294. The molecule has 0 aromatic heterocycles. The number of nitrogens with two attached hydrogens (primary N) is 1. The molecule has 4 rings (SSSR count). The number of amides is 4. The molecule has 1 aliphatic carbocycles. The fourth-order valence-corrected chi connectivity index (χ4v) is 5.80. The molecule has 0 spiro atoms. The number of β-lactam (4-membered cyclic amide) rings is 1. The Bertz CT molecular complexity index is 937. The number of nitrogens with zero attached hydrogens (tertiary/aromatic N) is 2. The van der Waals surface area contributed by atoms with Crippen LogP contribution in [0.1, 0.15) is 18.9 Å². The number of carboxylic acid groups (broad SMARTS) is 1. The number of hydrazone groups is 1. The van der Waals surface area contributed by atoms with Crippen molar-refractivity contribution in [1.82, 2.24) is 15.6 Å². The number of carbonyl (C=O) groups excluding carboxylic acids is 3. The van der Waals surface area contributed by atoms with Crippen LogP contribution in [0.15, 0.2) is 35.4 Å². The minimum absolute atomic E-state index is 0.113. The lowest BCUT2D eigenvalue weighted by molar-refractivity contribution is -0.163. The molecule has 2 heterocycles. The molecule has 146 valence electrons. The van der Waals surface area contributed by atoms with E-state index in [1.54, 1.807) is 30.3 Å². The highest BCUT2D eigenvalue weighted by atomic mass is 32.2. The van der Waals surface area contributed by atoms with Crippen LogP contribution in [-0.2, 0) is 14.4 Å². The number of carboxylic acids is 1. The van der Waals surface area contributed by atoms with Crippen LogP contribution in [0.5, 0.6) is 0 Å². The summed E-state index contributed by atoms with van der Waals surface area (Å²) < 4.78 is -0.553. The molecule has 1 saturated carbocycles. The number of benzene rings is 1. The molecule has 0 bridgehead atoms. The van der Waals surface area contributed by atoms with Crippen molar-refractivity contribution in [3.8, 4) is 0 Å². The molecule has 11 heteroatoms. The number of nitrogens with one attached hydrogen (secondary N) is 2. The van der Waals surface area contributed by atoms with Crippen LogP contribution in [0.25, 0.3) is 0 Å². The van der Waals surface area contributed by atoms with Gasteiger partial charge in [-0.25, -0.2) is 15.0 Å². The third-order valence-corrected chi connectivity index (χ3v) is 7.09. The van der Waals surface area contributed by atoms with E-state index in [9.17, 15) is 24.3 Å². The van der Waals surface area contributed by atoms with E-state index in [0.29, 0.717) is 12.0 Å². The van der Waals surface area contributed by atoms with Crippen molar-refractivity contribution < 1.29 is 24.3 Å². The zero-order valence-electron chi connectivity index (χ0n) is 14.7. The third-order valence-electron chi connectivity index (χ3n) is 5.36. The number of fused-ring (bicyclic) bond motifs is 3. The molecule has 3 unspecified atom stereocenters. The fourth-order valence-electron chi connectivity index (χ4n) is 3.88. The Kier molecular flexibility index (Phi) is 3.89. The zero-order chi connectivity index (χ0) is 20.3. The summed E-state index contributed by atoms with van der Waals surface area (Å²) in [5, 5.41) is 15.5. The molecule has 3 fully saturated rings. The highest BCUT2D eigenvalue weighted by Gasteiger charge is 2.85. The fraction of sp³-hybridized carbons (Fsp3) is 0.353. The van der Waals surface area contributed by atoms with Crippen LogP contribution in [0.3, 0.4) is 0 Å². The number of carbonyl (C=O) groups is 4. The Balaban J connectivity index is 1.54. The number of hydrogen-bond acceptors (Lipinski definition) is 6. The number of aliphatic carboxylic acids is 1. The van der Waals surface area contributed by atoms with Crippen molar-refractivity contribution in [2.24, 2.45) is 10.8 Å². The van der Waals surface area contributed by atoms with E-state index in [1.165, 1.54) is 16.7 Å². The molecule has 5 N–H and O–H groups in total. The van der Waals surface area contributed by atoms with Crippen molar-refractivity contribution in [2.45, 2.75) is 35.0 Å². The largest absolute Gasteiger partial charge is 0.479 e. The summed E-state index contributed by atoms with van der Waals surface area (Å²) in [7, 11) is 0. The van der Waals surface area contributed by atoms with Gasteiger partial charge in [-0.2, -0.15) is 5.10 Å². The minimum Gasteiger partial charge on any atom is -0.479 e. The van der Waals surface area contributed by atoms with E-state index < -0.39 is 45.5 Å². The molecule has 10 nitrogen and oxygen atoms in total. The van der Waals surface area contributed by atoms with Gasteiger partial charge in [0, 0.05) is 12.0 Å². The van der Waals surface area contributed by atoms with Crippen molar-refractivity contribution in [2.75, 3.05) is 0 Å². The Morgan fingerprint density at radius 3 is 2.61 bits per heavy atom. The Morgan fingerprint density at radius 1 is 1.32 bits per heavy atom. The summed E-state index contributed by atoms with van der Waals surface area (Å²) in [5.74, 6) is -2.14. The molecule has 4 atom stereocenters. The second-order valence-corrected chi connectivity index (χ2v) is 8.66. The zero-order valence-corrected chi connectivity index (χ0v) is 15.5. The maximum absolute atomic E-state index is 12.7. The SMILES string of the molecule is CC12CC1(C(=O)O)N1C(=O)C(NC(=O)C(=NNC(N)=O)c3ccccc3)[C@@H]1S2. The van der Waals surface area contributed by atoms with Crippen molar-refractivity contribution in [3.63, 3.8) is 0 Å². The normalized spacial score (nSPS) is 32.7. The Morgan fingerprint density at radius 2 is 2.00 bits per heavy atom. The molecule has 3 aliphatic rings. The molecule has 0 radical (unpaired) electrons. The van der Waals surface area contributed by atoms with Gasteiger partial charge in [0.2, 0.25) is 5.91 Å². The highest BCUT2D eigenvalue weighted by molar-refractivity contribution is 8.02. The van der Waals surface area contributed by atoms with Gasteiger partial charge in [0.05, 0.1) is 4.75 Å². The molecule has 2 saturated heterocycles. The van der Waals surface area contributed by atoms with E-state index in [0.717, 1.165) is 0 Å². The maximum Gasteiger partial charge on any atom is 0.332 e. The minimum atomic E-state index is -1.19. The summed E-state index contributed by atoms with van der Waals surface area (Å²) in [5.41, 5.74) is 6.16. The molecule has 1 aromatic carbocycles. The van der Waals surface area contributed by atoms with Gasteiger partial charge in [-0.3, -0.25) is 9.59 Å². The molecule has 28 heavy (non-hydrogen) atoms. The predicted molar refractivity (Wildman–Crippen MR) is 99.2 cm³/mol.